The summed E-state index contributed by atoms with van der Waals surface area (Å²) < 4.78 is 2.53. The van der Waals surface area contributed by atoms with Crippen molar-refractivity contribution in [1.82, 2.24) is 0 Å². The molecule has 0 saturated carbocycles. The maximum Gasteiger partial charge on any atom is 0.335 e. The number of anilines is 1. The molecule has 0 atom stereocenters. The Morgan fingerprint density at radius 3 is 2.26 bits per heavy atom. The molecule has 4 rings (SSSR count). The van der Waals surface area contributed by atoms with Crippen LogP contribution < -0.4 is 4.90 Å². The Morgan fingerprint density at radius 2 is 1.53 bits per heavy atom. The molecular weight excluding hydrogens is 528 g/mol. The van der Waals surface area contributed by atoms with Gasteiger partial charge < -0.3 is 10.0 Å². The lowest BCUT2D eigenvalue weighted by atomic mass is 9.81. The lowest BCUT2D eigenvalue weighted by Gasteiger charge is -2.27. The van der Waals surface area contributed by atoms with Gasteiger partial charge in [0.1, 0.15) is 6.54 Å². The highest BCUT2D eigenvalue weighted by Crippen LogP contribution is 2.48. The number of aromatic carboxylic acids is 1. The Kier molecular flexibility index (Phi) is 10.3. The van der Waals surface area contributed by atoms with E-state index in [0.29, 0.717) is 5.56 Å². The SMILES string of the molecule is CCCCCN1/C(=C/C=C/C=C/C=C/C2=[N+](CCCCC)c3ccc(C)cc3C2(C)C)C(C)(C)c2cc(C(=O)O)ccc21. The molecule has 0 aliphatic carbocycles. The fourth-order valence-electron chi connectivity index (χ4n) is 6.61. The molecule has 1 N–H and O–H groups in total. The van der Waals surface area contributed by atoms with Crippen LogP contribution in [0.2, 0.25) is 0 Å². The highest BCUT2D eigenvalue weighted by molar-refractivity contribution is 6.03. The highest BCUT2D eigenvalue weighted by atomic mass is 16.4. The van der Waals surface area contributed by atoms with Gasteiger partial charge in [-0.05, 0) is 69.5 Å². The van der Waals surface area contributed by atoms with E-state index in [9.17, 15) is 9.90 Å². The first kappa shape index (κ1) is 32.3. The van der Waals surface area contributed by atoms with Crippen molar-refractivity contribution in [3.05, 3.63) is 107 Å². The smallest absolute Gasteiger partial charge is 0.335 e. The van der Waals surface area contributed by atoms with Crippen LogP contribution in [0.3, 0.4) is 0 Å². The molecule has 2 aliphatic heterocycles. The third kappa shape index (κ3) is 6.79. The van der Waals surface area contributed by atoms with Crippen LogP contribution in [0.4, 0.5) is 11.4 Å². The topological polar surface area (TPSA) is 43.5 Å². The molecule has 2 heterocycles. The number of fused-ring (bicyclic) bond motifs is 2. The fraction of sp³-hybridized carbons (Fsp3) is 0.436. The summed E-state index contributed by atoms with van der Waals surface area (Å²) in [6, 6.07) is 12.4. The van der Waals surface area contributed by atoms with Crippen molar-refractivity contribution in [2.75, 3.05) is 18.0 Å². The molecule has 0 aromatic heterocycles. The summed E-state index contributed by atoms with van der Waals surface area (Å²) in [4.78, 5) is 14.1. The zero-order chi connectivity index (χ0) is 31.2. The number of carboxylic acid groups (broad SMARTS) is 1. The standard InChI is InChI=1S/C39H50N2O2/c1-8-10-17-25-40-33-23-21-29(3)27-31(33)38(4,5)35(40)19-15-13-12-14-16-20-36-39(6,7)32-28-30(37(42)43)22-24-34(32)41(36)26-18-11-9-2/h12-16,19-24,27-28H,8-11,17-18,25-26H2,1-7H3/p+1. The van der Waals surface area contributed by atoms with E-state index in [1.165, 1.54) is 53.9 Å². The molecule has 2 aliphatic rings. The number of hydrogen-bond donors (Lipinski definition) is 1. The normalized spacial score (nSPS) is 18.1. The molecule has 0 amide bonds. The van der Waals surface area contributed by atoms with Gasteiger partial charge in [-0.1, -0.05) is 89.0 Å². The maximum absolute atomic E-state index is 11.7. The van der Waals surface area contributed by atoms with Crippen LogP contribution in [0, 0.1) is 6.92 Å². The number of carbonyl (C=O) groups is 1. The van der Waals surface area contributed by atoms with Gasteiger partial charge in [-0.3, -0.25) is 0 Å². The van der Waals surface area contributed by atoms with Gasteiger partial charge in [-0.15, -0.1) is 0 Å². The molecule has 0 fully saturated rings. The van der Waals surface area contributed by atoms with Gasteiger partial charge in [0.05, 0.1) is 11.0 Å². The third-order valence-electron chi connectivity index (χ3n) is 9.11. The van der Waals surface area contributed by atoms with E-state index in [0.717, 1.165) is 37.2 Å². The number of carboxylic acids is 1. The lowest BCUT2D eigenvalue weighted by molar-refractivity contribution is -0.438. The van der Waals surface area contributed by atoms with Gasteiger partial charge in [0, 0.05) is 47.5 Å². The summed E-state index contributed by atoms with van der Waals surface area (Å²) in [5, 5.41) is 9.60. The molecule has 0 bridgehead atoms. The third-order valence-corrected chi connectivity index (χ3v) is 9.11. The largest absolute Gasteiger partial charge is 0.478 e. The summed E-state index contributed by atoms with van der Waals surface area (Å²) in [7, 11) is 0. The molecular formula is C39H51N2O2+. The van der Waals surface area contributed by atoms with E-state index in [-0.39, 0.29) is 10.8 Å². The van der Waals surface area contributed by atoms with Crippen molar-refractivity contribution in [3.8, 4) is 0 Å². The number of unbranched alkanes of at least 4 members (excludes halogenated alkanes) is 4. The number of nitrogens with zero attached hydrogens (tertiary/aromatic N) is 2. The van der Waals surface area contributed by atoms with Gasteiger partial charge in [-0.2, -0.15) is 4.58 Å². The summed E-state index contributed by atoms with van der Waals surface area (Å²) in [6.45, 7) is 17.7. The van der Waals surface area contributed by atoms with Crippen LogP contribution in [-0.4, -0.2) is 34.5 Å². The van der Waals surface area contributed by atoms with Crippen LogP contribution >= 0.6 is 0 Å². The van der Waals surface area contributed by atoms with E-state index in [4.69, 9.17) is 0 Å². The maximum atomic E-state index is 11.7. The number of rotatable bonds is 13. The number of allylic oxidation sites excluding steroid dienone is 8. The molecule has 2 aromatic rings. The fourth-order valence-corrected chi connectivity index (χ4v) is 6.61. The second kappa shape index (κ2) is 13.8. The average Bonchev–Trinajstić information content (AvgIpc) is 3.30. The molecule has 0 radical (unpaired) electrons. The second-order valence-electron chi connectivity index (χ2n) is 13.1. The number of aryl methyl sites for hydroxylation is 1. The van der Waals surface area contributed by atoms with E-state index in [1.54, 1.807) is 6.07 Å². The first-order valence-electron chi connectivity index (χ1n) is 16.2. The van der Waals surface area contributed by atoms with Gasteiger partial charge >= 0.3 is 5.97 Å². The first-order chi connectivity index (χ1) is 20.5. The predicted molar refractivity (Wildman–Crippen MR) is 182 cm³/mol. The Bertz CT molecular complexity index is 1480. The van der Waals surface area contributed by atoms with Gasteiger partial charge in [0.2, 0.25) is 5.69 Å². The second-order valence-corrected chi connectivity index (χ2v) is 13.1. The van der Waals surface area contributed by atoms with E-state index < -0.39 is 5.97 Å². The lowest BCUT2D eigenvalue weighted by Crippen LogP contribution is -2.28. The number of hydrogen-bond acceptors (Lipinski definition) is 2. The van der Waals surface area contributed by atoms with Crippen molar-refractivity contribution in [1.29, 1.82) is 0 Å². The molecule has 43 heavy (non-hydrogen) atoms. The molecule has 4 nitrogen and oxygen atoms in total. The Morgan fingerprint density at radius 1 is 0.837 bits per heavy atom. The Hall–Kier alpha value is -3.66. The molecule has 4 heteroatoms. The van der Waals surface area contributed by atoms with Crippen LogP contribution in [0.5, 0.6) is 0 Å². The van der Waals surface area contributed by atoms with Crippen molar-refractivity contribution >= 4 is 23.1 Å². The van der Waals surface area contributed by atoms with Crippen LogP contribution in [0.1, 0.15) is 107 Å². The molecule has 0 saturated heterocycles. The monoisotopic (exact) mass is 579 g/mol. The zero-order valence-corrected chi connectivity index (χ0v) is 27.4. The minimum Gasteiger partial charge on any atom is -0.478 e. The Balaban J connectivity index is 1.55. The van der Waals surface area contributed by atoms with Crippen molar-refractivity contribution < 1.29 is 14.5 Å². The minimum atomic E-state index is -0.881. The first-order valence-corrected chi connectivity index (χ1v) is 16.2. The van der Waals surface area contributed by atoms with E-state index in [2.05, 4.69) is 119 Å². The predicted octanol–water partition coefficient (Wildman–Crippen LogP) is 9.80. The molecule has 0 unspecified atom stereocenters. The molecule has 2 aromatic carbocycles. The van der Waals surface area contributed by atoms with Gasteiger partial charge in [0.25, 0.3) is 0 Å². The van der Waals surface area contributed by atoms with Crippen molar-refractivity contribution in [2.45, 2.75) is 97.8 Å². The Labute approximate surface area is 259 Å². The van der Waals surface area contributed by atoms with Gasteiger partial charge in [0.15, 0.2) is 5.71 Å². The van der Waals surface area contributed by atoms with E-state index in [1.807, 2.05) is 12.1 Å². The molecule has 0 spiro atoms. The molecule has 228 valence electrons. The van der Waals surface area contributed by atoms with Crippen LogP contribution in [0.15, 0.2) is 84.6 Å². The minimum absolute atomic E-state index is 0.0387. The van der Waals surface area contributed by atoms with Crippen LogP contribution in [-0.2, 0) is 10.8 Å². The average molecular weight is 580 g/mol. The van der Waals surface area contributed by atoms with Crippen molar-refractivity contribution in [2.24, 2.45) is 0 Å². The van der Waals surface area contributed by atoms with E-state index >= 15 is 0 Å². The summed E-state index contributed by atoms with van der Waals surface area (Å²) in [5.74, 6) is -0.881. The zero-order valence-electron chi connectivity index (χ0n) is 27.4. The number of benzene rings is 2. The summed E-state index contributed by atoms with van der Waals surface area (Å²) in [6.07, 6.45) is 22.2. The van der Waals surface area contributed by atoms with Crippen molar-refractivity contribution in [3.63, 3.8) is 0 Å². The summed E-state index contributed by atoms with van der Waals surface area (Å²) >= 11 is 0. The quantitative estimate of drug-likeness (QED) is 0.146. The van der Waals surface area contributed by atoms with Gasteiger partial charge in [-0.25, -0.2) is 4.79 Å². The summed E-state index contributed by atoms with van der Waals surface area (Å²) in [5.41, 5.74) is 8.87. The highest BCUT2D eigenvalue weighted by Gasteiger charge is 2.44. The van der Waals surface area contributed by atoms with Crippen LogP contribution in [0.25, 0.3) is 0 Å².